The van der Waals surface area contributed by atoms with E-state index in [0.717, 1.165) is 12.8 Å². The number of aromatic nitrogens is 1. The normalized spacial score (nSPS) is 32.6. The highest BCUT2D eigenvalue weighted by atomic mass is 16.5. The number of rotatable bonds is 2. The van der Waals surface area contributed by atoms with Crippen molar-refractivity contribution in [3.05, 3.63) is 18.0 Å². The summed E-state index contributed by atoms with van der Waals surface area (Å²) < 4.78 is 4.83. The molecule has 2 atom stereocenters. The molecule has 0 aromatic carbocycles. The van der Waals surface area contributed by atoms with Crippen LogP contribution in [0.25, 0.3) is 0 Å². The molecule has 16 heavy (non-hydrogen) atoms. The summed E-state index contributed by atoms with van der Waals surface area (Å²) in [6.07, 6.45) is 6.01. The first-order valence-corrected chi connectivity index (χ1v) is 5.79. The molecule has 0 saturated carbocycles. The average molecular weight is 221 g/mol. The van der Waals surface area contributed by atoms with Crippen molar-refractivity contribution < 1.29 is 9.32 Å². The topological polar surface area (TPSA) is 67.2 Å². The lowest BCUT2D eigenvalue weighted by Gasteiger charge is -2.29. The van der Waals surface area contributed by atoms with Gasteiger partial charge in [-0.3, -0.25) is 4.79 Å². The molecule has 0 radical (unpaired) electrons. The first-order chi connectivity index (χ1) is 7.81. The quantitative estimate of drug-likeness (QED) is 0.771. The third-order valence-electron chi connectivity index (χ3n) is 3.47. The van der Waals surface area contributed by atoms with Crippen LogP contribution in [0.5, 0.6) is 0 Å². The second-order valence-corrected chi connectivity index (χ2v) is 4.66. The molecule has 5 heteroatoms. The number of nitrogens with zero attached hydrogens (tertiary/aromatic N) is 1. The van der Waals surface area contributed by atoms with Crippen LogP contribution in [0.15, 0.2) is 16.8 Å². The molecule has 3 rings (SSSR count). The number of carbonyl (C=O) groups is 1. The van der Waals surface area contributed by atoms with Crippen LogP contribution in [0.1, 0.15) is 36.2 Å². The predicted octanol–water partition coefficient (Wildman–Crippen LogP) is 0.687. The van der Waals surface area contributed by atoms with Crippen molar-refractivity contribution in [2.75, 3.05) is 0 Å². The third kappa shape index (κ3) is 1.82. The molecule has 2 unspecified atom stereocenters. The molecule has 5 nitrogen and oxygen atoms in total. The van der Waals surface area contributed by atoms with Crippen molar-refractivity contribution in [2.45, 2.75) is 43.8 Å². The fourth-order valence-electron chi connectivity index (χ4n) is 2.76. The molecule has 0 spiro atoms. The first-order valence-electron chi connectivity index (χ1n) is 5.79. The fraction of sp³-hybridized carbons (Fsp3) is 0.636. The zero-order chi connectivity index (χ0) is 11.0. The smallest absolute Gasteiger partial charge is 0.290 e. The monoisotopic (exact) mass is 221 g/mol. The van der Waals surface area contributed by atoms with Gasteiger partial charge in [-0.25, -0.2) is 0 Å². The summed E-state index contributed by atoms with van der Waals surface area (Å²) in [5, 5.41) is 10.1. The van der Waals surface area contributed by atoms with Crippen molar-refractivity contribution in [3.63, 3.8) is 0 Å². The Morgan fingerprint density at radius 2 is 2.19 bits per heavy atom. The number of hydrogen-bond donors (Lipinski definition) is 2. The van der Waals surface area contributed by atoms with Crippen LogP contribution in [-0.2, 0) is 0 Å². The molecule has 86 valence electrons. The van der Waals surface area contributed by atoms with Gasteiger partial charge in [0.25, 0.3) is 5.91 Å². The Bertz CT molecular complexity index is 365. The van der Waals surface area contributed by atoms with Crippen molar-refractivity contribution in [3.8, 4) is 0 Å². The Morgan fingerprint density at radius 1 is 1.44 bits per heavy atom. The van der Waals surface area contributed by atoms with Crippen molar-refractivity contribution in [1.29, 1.82) is 0 Å². The lowest BCUT2D eigenvalue weighted by Crippen LogP contribution is -2.47. The minimum atomic E-state index is -0.149. The van der Waals surface area contributed by atoms with E-state index in [1.165, 1.54) is 19.0 Å². The van der Waals surface area contributed by atoms with E-state index < -0.39 is 0 Å². The summed E-state index contributed by atoms with van der Waals surface area (Å²) in [7, 11) is 0. The zero-order valence-electron chi connectivity index (χ0n) is 8.98. The largest absolute Gasteiger partial charge is 0.351 e. The molecule has 2 aliphatic heterocycles. The minimum Gasteiger partial charge on any atom is -0.351 e. The van der Waals surface area contributed by atoms with Crippen molar-refractivity contribution in [1.82, 2.24) is 15.8 Å². The highest BCUT2D eigenvalue weighted by Gasteiger charge is 2.34. The van der Waals surface area contributed by atoms with Gasteiger partial charge in [0, 0.05) is 24.2 Å². The number of hydrogen-bond acceptors (Lipinski definition) is 4. The Morgan fingerprint density at radius 3 is 2.81 bits per heavy atom. The molecule has 1 aromatic heterocycles. The van der Waals surface area contributed by atoms with Crippen LogP contribution in [0.4, 0.5) is 0 Å². The molecule has 3 heterocycles. The standard InChI is InChI=1S/C11H15N3O2/c15-11(10-3-4-12-16-10)14-9-5-7-1-2-8(6-9)13-7/h3-4,7-9,13H,1-2,5-6H2,(H,14,15). The molecular formula is C11H15N3O2. The van der Waals surface area contributed by atoms with Gasteiger partial charge in [-0.05, 0) is 25.7 Å². The Balaban J connectivity index is 1.61. The molecular weight excluding hydrogens is 206 g/mol. The van der Waals surface area contributed by atoms with Gasteiger partial charge in [-0.15, -0.1) is 0 Å². The van der Waals surface area contributed by atoms with Gasteiger partial charge in [0.15, 0.2) is 0 Å². The summed E-state index contributed by atoms with van der Waals surface area (Å²) in [5.74, 6) is 0.148. The molecule has 2 saturated heterocycles. The summed E-state index contributed by atoms with van der Waals surface area (Å²) in [6, 6.07) is 3.03. The van der Waals surface area contributed by atoms with Gasteiger partial charge in [-0.1, -0.05) is 5.16 Å². The first kappa shape index (κ1) is 9.84. The average Bonchev–Trinajstić information content (AvgIpc) is 2.88. The highest BCUT2D eigenvalue weighted by molar-refractivity contribution is 5.91. The van der Waals surface area contributed by atoms with E-state index in [0.29, 0.717) is 17.8 Å². The predicted molar refractivity (Wildman–Crippen MR) is 56.9 cm³/mol. The SMILES string of the molecule is O=C(NC1CC2CCC(C1)N2)c1ccno1. The summed E-state index contributed by atoms with van der Waals surface area (Å²) in [5.41, 5.74) is 0. The van der Waals surface area contributed by atoms with Crippen LogP contribution in [-0.4, -0.2) is 29.2 Å². The van der Waals surface area contributed by atoms with Crippen LogP contribution < -0.4 is 10.6 Å². The number of fused-ring (bicyclic) bond motifs is 2. The van der Waals surface area contributed by atoms with Crippen LogP contribution >= 0.6 is 0 Å². The van der Waals surface area contributed by atoms with E-state index in [1.807, 2.05) is 0 Å². The maximum Gasteiger partial charge on any atom is 0.290 e. The Labute approximate surface area is 93.6 Å². The molecule has 1 amide bonds. The minimum absolute atomic E-state index is 0.149. The van der Waals surface area contributed by atoms with E-state index >= 15 is 0 Å². The lowest BCUT2D eigenvalue weighted by atomic mass is 10.00. The summed E-state index contributed by atoms with van der Waals surface area (Å²) in [4.78, 5) is 11.7. The highest BCUT2D eigenvalue weighted by Crippen LogP contribution is 2.26. The van der Waals surface area contributed by atoms with Crippen molar-refractivity contribution >= 4 is 5.91 Å². The maximum absolute atomic E-state index is 11.7. The molecule has 2 aliphatic rings. The Hall–Kier alpha value is -1.36. The van der Waals surface area contributed by atoms with Crippen LogP contribution in [0.2, 0.25) is 0 Å². The summed E-state index contributed by atoms with van der Waals surface area (Å²) in [6.45, 7) is 0. The number of amides is 1. The molecule has 2 fully saturated rings. The number of piperidine rings is 1. The Kier molecular flexibility index (Phi) is 2.40. The molecule has 2 N–H and O–H groups in total. The second-order valence-electron chi connectivity index (χ2n) is 4.66. The van der Waals surface area contributed by atoms with Gasteiger partial charge in [-0.2, -0.15) is 0 Å². The number of nitrogens with one attached hydrogen (secondary N) is 2. The fourth-order valence-corrected chi connectivity index (χ4v) is 2.76. The zero-order valence-corrected chi connectivity index (χ0v) is 8.98. The number of carbonyl (C=O) groups excluding carboxylic acids is 1. The third-order valence-corrected chi connectivity index (χ3v) is 3.47. The summed E-state index contributed by atoms with van der Waals surface area (Å²) >= 11 is 0. The van der Waals surface area contributed by atoms with Gasteiger partial charge in [0.2, 0.25) is 5.76 Å². The maximum atomic E-state index is 11.7. The van der Waals surface area contributed by atoms with Gasteiger partial charge < -0.3 is 15.2 Å². The van der Waals surface area contributed by atoms with E-state index in [1.54, 1.807) is 6.07 Å². The second kappa shape index (κ2) is 3.90. The van der Waals surface area contributed by atoms with Crippen molar-refractivity contribution in [2.24, 2.45) is 0 Å². The van der Waals surface area contributed by atoms with Crippen LogP contribution in [0.3, 0.4) is 0 Å². The molecule has 2 bridgehead atoms. The van der Waals surface area contributed by atoms with E-state index in [9.17, 15) is 4.79 Å². The van der Waals surface area contributed by atoms with Gasteiger partial charge in [0.05, 0.1) is 6.20 Å². The van der Waals surface area contributed by atoms with E-state index in [2.05, 4.69) is 15.8 Å². The van der Waals surface area contributed by atoms with Crippen LogP contribution in [0, 0.1) is 0 Å². The van der Waals surface area contributed by atoms with Gasteiger partial charge in [0.1, 0.15) is 0 Å². The molecule has 0 aliphatic carbocycles. The van der Waals surface area contributed by atoms with E-state index in [-0.39, 0.29) is 11.9 Å². The lowest BCUT2D eigenvalue weighted by molar-refractivity contribution is 0.0886. The molecule has 1 aromatic rings. The van der Waals surface area contributed by atoms with Gasteiger partial charge >= 0.3 is 0 Å². The van der Waals surface area contributed by atoms with E-state index in [4.69, 9.17) is 4.52 Å².